The Hall–Kier alpha value is -1.76. The largest absolute Gasteiger partial charge is 0.448 e. The Morgan fingerprint density at radius 3 is 2.72 bits per heavy atom. The molecule has 0 radical (unpaired) electrons. The number of carbonyl (C=O) groups is 1. The number of hydrogen-bond donors (Lipinski definition) is 0. The summed E-state index contributed by atoms with van der Waals surface area (Å²) in [5.41, 5.74) is 0.833. The van der Waals surface area contributed by atoms with E-state index < -0.39 is 0 Å². The molecule has 7 heteroatoms. The van der Waals surface area contributed by atoms with Crippen LogP contribution in [-0.4, -0.2) is 42.2 Å². The van der Waals surface area contributed by atoms with E-state index in [1.165, 1.54) is 12.8 Å². The van der Waals surface area contributed by atoms with Gasteiger partial charge in [-0.1, -0.05) is 23.9 Å². The maximum absolute atomic E-state index is 12.7. The van der Waals surface area contributed by atoms with Gasteiger partial charge in [-0.2, -0.15) is 0 Å². The highest BCUT2D eigenvalue weighted by atomic mass is 35.5. The van der Waals surface area contributed by atoms with Gasteiger partial charge in [0.15, 0.2) is 5.82 Å². The van der Waals surface area contributed by atoms with E-state index in [0.29, 0.717) is 12.4 Å². The maximum Gasteiger partial charge on any atom is 0.420 e. The highest BCUT2D eigenvalue weighted by molar-refractivity contribution is 7.99. The molecule has 1 amide bonds. The molecule has 2 aliphatic rings. The van der Waals surface area contributed by atoms with Crippen molar-refractivity contribution in [2.75, 3.05) is 31.1 Å². The van der Waals surface area contributed by atoms with Crippen LogP contribution in [0.15, 0.2) is 52.4 Å². The molecule has 132 valence electrons. The summed E-state index contributed by atoms with van der Waals surface area (Å²) in [5, 5.41) is 0. The number of amides is 1. The number of likely N-dealkylation sites (tertiary alicyclic amines) is 1. The van der Waals surface area contributed by atoms with Crippen LogP contribution in [0, 0.1) is 0 Å². The van der Waals surface area contributed by atoms with E-state index in [4.69, 9.17) is 4.74 Å². The molecule has 1 saturated heterocycles. The number of rotatable bonds is 3. The number of nitrogens with zero attached hydrogens (tertiary/aromatic N) is 3. The van der Waals surface area contributed by atoms with E-state index in [1.807, 2.05) is 36.4 Å². The third-order valence-electron chi connectivity index (χ3n) is 4.30. The first-order chi connectivity index (χ1) is 11.8. The standard InChI is InChI=1S/C18H19N3O2S.ClH/c22-18(23-13-12-20-10-3-4-11-20)21-14-6-1-2-7-15(14)24-16-8-5-9-19-17(16)21;/h1-2,5-9H,3-4,10-13H2;1H. The van der Waals surface area contributed by atoms with Crippen LogP contribution < -0.4 is 4.90 Å². The van der Waals surface area contributed by atoms with Crippen LogP contribution in [0.2, 0.25) is 0 Å². The summed E-state index contributed by atoms with van der Waals surface area (Å²) in [6.45, 7) is 3.41. The molecule has 1 fully saturated rings. The lowest BCUT2D eigenvalue weighted by molar-refractivity contribution is 0.141. The Morgan fingerprint density at radius 1 is 1.12 bits per heavy atom. The third-order valence-corrected chi connectivity index (χ3v) is 5.41. The van der Waals surface area contributed by atoms with Crippen molar-refractivity contribution in [3.05, 3.63) is 42.6 Å². The Morgan fingerprint density at radius 2 is 1.88 bits per heavy atom. The smallest absolute Gasteiger partial charge is 0.420 e. The molecule has 0 atom stereocenters. The fourth-order valence-electron chi connectivity index (χ4n) is 3.11. The molecule has 1 aromatic heterocycles. The molecule has 1 aromatic carbocycles. The SMILES string of the molecule is Cl.O=C(OCCN1CCCC1)N1c2ccccc2Sc2cccnc21. The minimum Gasteiger partial charge on any atom is -0.448 e. The van der Waals surface area contributed by atoms with Crippen LogP contribution in [0.3, 0.4) is 0 Å². The van der Waals surface area contributed by atoms with Gasteiger partial charge in [0.2, 0.25) is 0 Å². The van der Waals surface area contributed by atoms with E-state index in [9.17, 15) is 4.79 Å². The molecular weight excluding hydrogens is 358 g/mol. The van der Waals surface area contributed by atoms with Crippen LogP contribution in [0.1, 0.15) is 12.8 Å². The van der Waals surface area contributed by atoms with Gasteiger partial charge in [-0.3, -0.25) is 4.90 Å². The molecule has 4 rings (SSSR count). The summed E-state index contributed by atoms with van der Waals surface area (Å²) < 4.78 is 5.55. The Kier molecular flexibility index (Phi) is 5.83. The number of aromatic nitrogens is 1. The van der Waals surface area contributed by atoms with Crippen molar-refractivity contribution >= 4 is 41.8 Å². The van der Waals surface area contributed by atoms with E-state index in [2.05, 4.69) is 9.88 Å². The molecule has 0 aliphatic carbocycles. The molecule has 0 saturated carbocycles. The first kappa shape index (κ1) is 18.0. The van der Waals surface area contributed by atoms with Crippen molar-refractivity contribution in [1.29, 1.82) is 0 Å². The summed E-state index contributed by atoms with van der Waals surface area (Å²) in [6.07, 6.45) is 3.82. The molecule has 0 unspecified atom stereocenters. The first-order valence-electron chi connectivity index (χ1n) is 8.24. The van der Waals surface area contributed by atoms with Gasteiger partial charge in [0.05, 0.1) is 10.6 Å². The average Bonchev–Trinajstić information content (AvgIpc) is 3.13. The normalized spacial score (nSPS) is 15.9. The molecule has 0 N–H and O–H groups in total. The van der Waals surface area contributed by atoms with Gasteiger partial charge in [-0.15, -0.1) is 12.4 Å². The van der Waals surface area contributed by atoms with Gasteiger partial charge >= 0.3 is 6.09 Å². The lowest BCUT2D eigenvalue weighted by Crippen LogP contribution is -2.32. The number of fused-ring (bicyclic) bond motifs is 2. The molecule has 25 heavy (non-hydrogen) atoms. The zero-order valence-electron chi connectivity index (χ0n) is 13.8. The predicted molar refractivity (Wildman–Crippen MR) is 101 cm³/mol. The lowest BCUT2D eigenvalue weighted by atomic mass is 10.2. The minimum absolute atomic E-state index is 0. The van der Waals surface area contributed by atoms with Crippen molar-refractivity contribution < 1.29 is 9.53 Å². The Balaban J connectivity index is 0.00000182. The number of para-hydroxylation sites is 1. The molecule has 5 nitrogen and oxygen atoms in total. The highest BCUT2D eigenvalue weighted by Crippen LogP contribution is 2.46. The number of pyridine rings is 1. The molecular formula is C18H20ClN3O2S. The molecule has 3 heterocycles. The number of anilines is 2. The zero-order chi connectivity index (χ0) is 16.4. The number of carbonyl (C=O) groups excluding carboxylic acids is 1. The minimum atomic E-state index is -0.359. The summed E-state index contributed by atoms with van der Waals surface area (Å²) in [6, 6.07) is 11.7. The van der Waals surface area contributed by atoms with Crippen LogP contribution in [0.5, 0.6) is 0 Å². The van der Waals surface area contributed by atoms with Gasteiger partial charge in [0.25, 0.3) is 0 Å². The van der Waals surface area contributed by atoms with Gasteiger partial charge in [0, 0.05) is 17.6 Å². The molecule has 2 aliphatic heterocycles. The lowest BCUT2D eigenvalue weighted by Gasteiger charge is -2.29. The fraction of sp³-hybridized carbons (Fsp3) is 0.333. The van der Waals surface area contributed by atoms with E-state index in [0.717, 1.165) is 35.1 Å². The number of halogens is 1. The monoisotopic (exact) mass is 377 g/mol. The van der Waals surface area contributed by atoms with Crippen molar-refractivity contribution in [1.82, 2.24) is 9.88 Å². The van der Waals surface area contributed by atoms with E-state index in [1.54, 1.807) is 22.9 Å². The van der Waals surface area contributed by atoms with Gasteiger partial charge < -0.3 is 4.74 Å². The van der Waals surface area contributed by atoms with Crippen molar-refractivity contribution in [3.8, 4) is 0 Å². The fourth-order valence-corrected chi connectivity index (χ4v) is 4.14. The first-order valence-corrected chi connectivity index (χ1v) is 9.06. The Bertz CT molecular complexity index is 707. The molecule has 0 spiro atoms. The van der Waals surface area contributed by atoms with Crippen LogP contribution >= 0.6 is 24.2 Å². The molecule has 2 aromatic rings. The summed E-state index contributed by atoms with van der Waals surface area (Å²) in [7, 11) is 0. The van der Waals surface area contributed by atoms with Gasteiger partial charge in [-0.05, 0) is 50.2 Å². The second kappa shape index (κ2) is 8.08. The third kappa shape index (κ3) is 3.76. The second-order valence-corrected chi connectivity index (χ2v) is 6.98. The van der Waals surface area contributed by atoms with Gasteiger partial charge in [-0.25, -0.2) is 14.7 Å². The van der Waals surface area contributed by atoms with Gasteiger partial charge in [0.1, 0.15) is 6.61 Å². The second-order valence-electron chi connectivity index (χ2n) is 5.89. The average molecular weight is 378 g/mol. The van der Waals surface area contributed by atoms with Crippen molar-refractivity contribution in [2.24, 2.45) is 0 Å². The summed E-state index contributed by atoms with van der Waals surface area (Å²) >= 11 is 1.63. The Labute approximate surface area is 157 Å². The van der Waals surface area contributed by atoms with E-state index in [-0.39, 0.29) is 18.5 Å². The van der Waals surface area contributed by atoms with Crippen molar-refractivity contribution in [2.45, 2.75) is 22.6 Å². The van der Waals surface area contributed by atoms with E-state index >= 15 is 0 Å². The zero-order valence-corrected chi connectivity index (χ0v) is 15.4. The molecule has 0 bridgehead atoms. The topological polar surface area (TPSA) is 45.7 Å². The van der Waals surface area contributed by atoms with Crippen LogP contribution in [0.4, 0.5) is 16.3 Å². The summed E-state index contributed by atoms with van der Waals surface area (Å²) in [5.74, 6) is 0.646. The van der Waals surface area contributed by atoms with Crippen LogP contribution in [-0.2, 0) is 4.74 Å². The predicted octanol–water partition coefficient (Wildman–Crippen LogP) is 4.34. The number of benzene rings is 1. The maximum atomic E-state index is 12.7. The highest BCUT2D eigenvalue weighted by Gasteiger charge is 2.30. The quantitative estimate of drug-likeness (QED) is 0.796. The number of ether oxygens (including phenoxy) is 1. The summed E-state index contributed by atoms with van der Waals surface area (Å²) in [4.78, 5) is 23.1. The number of hydrogen-bond acceptors (Lipinski definition) is 5. The van der Waals surface area contributed by atoms with Crippen LogP contribution in [0.25, 0.3) is 0 Å². The van der Waals surface area contributed by atoms with Crippen molar-refractivity contribution in [3.63, 3.8) is 0 Å².